The fraction of sp³-hybridized carbons (Fsp3) is 0.763. The number of rotatable bonds is 48. The second-order valence-corrected chi connectivity index (χ2v) is 47.3. The molecule has 0 amide bonds. The van der Waals surface area contributed by atoms with Gasteiger partial charge in [-0.15, -0.1) is 0 Å². The van der Waals surface area contributed by atoms with E-state index in [4.69, 9.17) is 83.3 Å². The zero-order valence-electron chi connectivity index (χ0n) is 78.6. The van der Waals surface area contributed by atoms with E-state index in [0.717, 1.165) is 37.9 Å². The number of carboxylic acid groups (broad SMARTS) is 5. The summed E-state index contributed by atoms with van der Waals surface area (Å²) < 4.78 is 163. The van der Waals surface area contributed by atoms with Crippen LogP contribution >= 0.6 is 0 Å². The Morgan fingerprint density at radius 2 is 0.711 bits per heavy atom. The molecule has 0 radical (unpaired) electrons. The van der Waals surface area contributed by atoms with Crippen LogP contribution in [-0.4, -0.2) is 458 Å². The van der Waals surface area contributed by atoms with Crippen LogP contribution in [0, 0.1) is 29.6 Å². The maximum atomic E-state index is 13.5. The van der Waals surface area contributed by atoms with E-state index in [1.54, 1.807) is 48.9 Å². The molecule has 0 aliphatic carbocycles. The number of hydrogen-bond acceptors (Lipinski definition) is 40. The number of carboxylic acids is 5. The van der Waals surface area contributed by atoms with Crippen LogP contribution in [-0.2, 0) is 88.1 Å². The van der Waals surface area contributed by atoms with Crippen LogP contribution in [0.3, 0.4) is 0 Å². The molecule has 142 heavy (non-hydrogen) atoms. The third-order valence-corrected chi connectivity index (χ3v) is 38.1. The highest BCUT2D eigenvalue weighted by Crippen LogP contribution is 2.42. The summed E-state index contributed by atoms with van der Waals surface area (Å²) in [4.78, 5) is 71.2. The zero-order chi connectivity index (χ0) is 104. The van der Waals surface area contributed by atoms with Gasteiger partial charge in [0.2, 0.25) is 0 Å². The van der Waals surface area contributed by atoms with Crippen LogP contribution in [0.1, 0.15) is 81.9 Å². The number of halogens is 1. The first-order chi connectivity index (χ1) is 66.7. The fourth-order valence-electron chi connectivity index (χ4n) is 19.1. The summed E-state index contributed by atoms with van der Waals surface area (Å²) in [6.07, 6.45) is 11.4. The van der Waals surface area contributed by atoms with Gasteiger partial charge < -0.3 is 141 Å². The molecule has 11 saturated heterocycles. The van der Waals surface area contributed by atoms with E-state index in [9.17, 15) is 96.0 Å². The van der Waals surface area contributed by atoms with E-state index in [1.165, 1.54) is 29.7 Å². The minimum absolute atomic E-state index is 0.0173. The number of carbonyl (C=O) groups is 5. The van der Waals surface area contributed by atoms with Crippen molar-refractivity contribution in [2.45, 2.75) is 179 Å². The normalized spacial score (nSPS) is 27.3. The molecule has 0 aromatic carbocycles. The Bertz CT molecular complexity index is 5070. The molecule has 0 saturated carbocycles. The van der Waals surface area contributed by atoms with Crippen LogP contribution in [0.5, 0.6) is 0 Å². The van der Waals surface area contributed by atoms with Crippen LogP contribution < -0.4 is 64.9 Å². The Hall–Kier alpha value is -6.54. The zero-order valence-corrected chi connectivity index (χ0v) is 82.7. The van der Waals surface area contributed by atoms with Gasteiger partial charge in [0.1, 0.15) is 40.6 Å². The standard InChI is InChI=1S/2C17H28BN5O6S.C15H30BN5O6S.C14H24BN5O7S.C13H26BFN4O6S/c19-17(16(24)25)12-22(11-14(17)2-1-5-18(26)27)30(28,29)23(15-8-21-9-15)10-13-3-6-20-7-4-13;19-17(16(24)25)12-22(10-13(17)4-3-6-18(26)27)30(28,29)23(15-8-20-9-15)11-14-5-1-2-7-21-14;17-15(14(22)23)10-20(9-11(15)2-1-4-16(24)25)28(26,27)21(13-7-19-8-13)12-3-5-18-6-12;16-14(12(21)22)9-19(8-10(14)2-1-3-15(23)24)28(25,26)20(11-6-17-7-11)13-18-4-5-27-13;15-4-5-19(11-6-17-7-11)26(24,25)18-8-10(2-1-3-14(22)23)13(16,9-18)12(20)21/h3-4,6-7,14-15,21,26-27H,1-2,5,8-12,19H2,(H,24,25);1-2,5,7,13,15,20,26-27H,3-4,6,8-12,19H2,(H,24,25);11-13,18-19,24-25H,1-10,17H2,(H,22,23);4-5,10-11,17,23-24H,1-3,6-9,16H2,(H,21,22);10-11,17,22-23H,1-9,16H2,(H,20,21)/t14-,17-;13-,17-;11-,12?,15-;10-,14-;10-,13-/m00000/s1. The summed E-state index contributed by atoms with van der Waals surface area (Å²) in [5.41, 5.74) is 23.2. The lowest BCUT2D eigenvalue weighted by molar-refractivity contribution is -0.145. The van der Waals surface area contributed by atoms with Gasteiger partial charge in [0.25, 0.3) is 40.8 Å². The Balaban J connectivity index is 0.000000183. The topological polar surface area (TPSA) is 846 Å². The summed E-state index contributed by atoms with van der Waals surface area (Å²) in [7, 11) is -27.5. The molecule has 11 aliphatic rings. The summed E-state index contributed by atoms with van der Waals surface area (Å²) in [6, 6.07) is 7.12. The number of anilines is 1. The molecule has 0 spiro atoms. The molecule has 66 heteroatoms. The molecule has 3 aromatic heterocycles. The molecule has 11 atom stereocenters. The molecule has 11 aliphatic heterocycles. The first-order valence-corrected chi connectivity index (χ1v) is 54.0. The third-order valence-electron chi connectivity index (χ3n) is 28.2. The monoisotopic (exact) mass is 2110 g/mol. The van der Waals surface area contributed by atoms with Crippen molar-refractivity contribution in [3.8, 4) is 0 Å². The molecule has 798 valence electrons. The number of alkyl halides is 1. The van der Waals surface area contributed by atoms with Crippen molar-refractivity contribution in [1.29, 1.82) is 0 Å². The number of aromatic nitrogens is 3. The minimum atomic E-state index is -4.13. The van der Waals surface area contributed by atoms with E-state index in [2.05, 4.69) is 46.9 Å². The maximum Gasteiger partial charge on any atom is 0.451 e. The predicted octanol–water partition coefficient (Wildman–Crippen LogP) is -11.9. The summed E-state index contributed by atoms with van der Waals surface area (Å²) in [5.74, 6) is -9.60. The maximum absolute atomic E-state index is 13.5. The van der Waals surface area contributed by atoms with Crippen LogP contribution in [0.4, 0.5) is 10.4 Å². The molecule has 55 nitrogen and oxygen atoms in total. The minimum Gasteiger partial charge on any atom is -0.480 e. The molecule has 14 heterocycles. The quantitative estimate of drug-likeness (QED) is 0.0233. The van der Waals surface area contributed by atoms with Gasteiger partial charge >= 0.3 is 81.7 Å². The summed E-state index contributed by atoms with van der Waals surface area (Å²) in [6.45, 7) is 3.30. The van der Waals surface area contributed by atoms with Crippen molar-refractivity contribution in [2.75, 3.05) is 162 Å². The van der Waals surface area contributed by atoms with E-state index < -0.39 is 200 Å². The highest BCUT2D eigenvalue weighted by Gasteiger charge is 2.61. The molecule has 1 unspecified atom stereocenters. The van der Waals surface area contributed by atoms with Gasteiger partial charge in [-0.25, -0.2) is 13.7 Å². The van der Waals surface area contributed by atoms with Crippen LogP contribution in [0.15, 0.2) is 65.8 Å². The number of nitrogens with one attached hydrogen (secondary N) is 6. The summed E-state index contributed by atoms with van der Waals surface area (Å²) in [5, 5.41) is 157. The molecule has 11 fully saturated rings. The fourth-order valence-corrected chi connectivity index (χ4v) is 28.6. The van der Waals surface area contributed by atoms with Crippen molar-refractivity contribution >= 4 is 122 Å². The largest absolute Gasteiger partial charge is 0.480 e. The molecule has 14 rings (SSSR count). The number of hydrogen-bond donors (Lipinski definition) is 26. The summed E-state index contributed by atoms with van der Waals surface area (Å²) >= 11 is 0. The number of oxazole rings is 1. The van der Waals surface area contributed by atoms with Crippen molar-refractivity contribution in [2.24, 2.45) is 58.3 Å². The second kappa shape index (κ2) is 50.6. The van der Waals surface area contributed by atoms with Crippen molar-refractivity contribution in [3.63, 3.8) is 0 Å². The lowest BCUT2D eigenvalue weighted by atomic mass is 9.78. The molecule has 3 aromatic rings. The number of nitrogens with two attached hydrogens (primary N) is 5. The van der Waals surface area contributed by atoms with Crippen molar-refractivity contribution < 1.29 is 151 Å². The first-order valence-electron chi connectivity index (χ1n) is 47.0. The van der Waals surface area contributed by atoms with Crippen LogP contribution in [0.25, 0.3) is 0 Å². The Labute approximate surface area is 825 Å². The average molecular weight is 2120 g/mol. The molecular formula is C76H136B5FN24O31S5. The lowest BCUT2D eigenvalue weighted by Gasteiger charge is -2.42. The van der Waals surface area contributed by atoms with E-state index >= 15 is 0 Å². The van der Waals surface area contributed by atoms with E-state index in [-0.39, 0.29) is 166 Å². The highest BCUT2D eigenvalue weighted by molar-refractivity contribution is 7.90. The molecular weight excluding hydrogens is 1980 g/mol. The first kappa shape index (κ1) is 117. The SMILES string of the molecule is N[C@@]1(C(=O)O)CN(S(=O)(=O)N(C2CCNC2)C2CNC2)C[C@@H]1CCCB(O)O.N[C@@]1(C(=O)O)CN(S(=O)(=O)N(CCF)C2CNC2)C[C@@H]1CCCB(O)O.N[C@@]1(C(=O)O)CN(S(=O)(=O)N(Cc2ccccn2)C2CNC2)C[C@@H]1CCCB(O)O.N[C@@]1(C(=O)O)CN(S(=O)(=O)N(Cc2ccncc2)C2CNC2)C[C@@H]1CCCB(O)O.N[C@@]1(C(=O)O)CN(S(=O)(=O)N(c2ncco2)C2CNC2)C[C@@H]1CCCB(O)O. The molecule has 0 bridgehead atoms. The smallest absolute Gasteiger partial charge is 0.451 e. The predicted molar refractivity (Wildman–Crippen MR) is 511 cm³/mol. The Morgan fingerprint density at radius 3 is 0.993 bits per heavy atom. The van der Waals surface area contributed by atoms with Crippen LogP contribution in [0.2, 0.25) is 31.6 Å². The number of nitrogens with zero attached hydrogens (tertiary/aromatic N) is 13. The van der Waals surface area contributed by atoms with E-state index in [1.807, 2.05) is 0 Å². The van der Waals surface area contributed by atoms with Gasteiger partial charge in [0, 0.05) is 205 Å². The Morgan fingerprint density at radius 1 is 0.394 bits per heavy atom. The third kappa shape index (κ3) is 28.3. The number of aliphatic carboxylic acids is 5. The van der Waals surface area contributed by atoms with E-state index in [0.29, 0.717) is 123 Å². The average Bonchev–Trinajstić information content (AvgIpc) is 1.69. The van der Waals surface area contributed by atoms with Gasteiger partial charge in [-0.05, 0) is 106 Å². The highest BCUT2D eigenvalue weighted by atomic mass is 32.2. The second-order valence-electron chi connectivity index (χ2n) is 38.0. The van der Waals surface area contributed by atoms with Gasteiger partial charge in [-0.1, -0.05) is 38.2 Å². The van der Waals surface area contributed by atoms with Gasteiger partial charge in [0.15, 0.2) is 0 Å². The van der Waals surface area contributed by atoms with Crippen molar-refractivity contribution in [1.82, 2.24) is 85.6 Å². The lowest BCUT2D eigenvalue weighted by Crippen LogP contribution is -2.64. The Kier molecular flexibility index (Phi) is 41.9. The van der Waals surface area contributed by atoms with Gasteiger partial charge in [-0.2, -0.15) is 80.8 Å². The van der Waals surface area contributed by atoms with Crippen molar-refractivity contribution in [3.05, 3.63) is 72.6 Å². The van der Waals surface area contributed by atoms with Gasteiger partial charge in [-0.3, -0.25) is 33.9 Å². The molecule has 31 N–H and O–H groups in total. The number of pyridine rings is 2. The van der Waals surface area contributed by atoms with Gasteiger partial charge in [0.05, 0.1) is 48.6 Å².